The summed E-state index contributed by atoms with van der Waals surface area (Å²) in [4.78, 5) is 14.3. The molecule has 0 amide bonds. The number of esters is 1. The second-order valence-electron chi connectivity index (χ2n) is 5.83. The molecule has 0 spiro atoms. The molecule has 0 aliphatic heterocycles. The van der Waals surface area contributed by atoms with Crippen LogP contribution in [-0.4, -0.2) is 42.2 Å². The zero-order valence-electron chi connectivity index (χ0n) is 15.5. The Morgan fingerprint density at radius 1 is 1.00 bits per heavy atom. The summed E-state index contributed by atoms with van der Waals surface area (Å²) in [6, 6.07) is 14.3. The third kappa shape index (κ3) is 7.17. The molecule has 0 aliphatic carbocycles. The Balaban J connectivity index is 1.82. The molecule has 7 heteroatoms. The fourth-order valence-corrected chi connectivity index (χ4v) is 2.77. The molecule has 0 unspecified atom stereocenters. The summed E-state index contributed by atoms with van der Waals surface area (Å²) in [5.41, 5.74) is 2.13. The highest BCUT2D eigenvalue weighted by Gasteiger charge is 2.08. The molecule has 0 aromatic heterocycles. The number of halogens is 1. The van der Waals surface area contributed by atoms with Crippen molar-refractivity contribution in [3.05, 3.63) is 59.1 Å². The number of hydrogen-bond donors (Lipinski definition) is 2. The van der Waals surface area contributed by atoms with Crippen molar-refractivity contribution >= 4 is 46.3 Å². The molecule has 0 heterocycles. The molecule has 2 aromatic rings. The van der Waals surface area contributed by atoms with E-state index in [0.29, 0.717) is 22.3 Å². The van der Waals surface area contributed by atoms with Crippen molar-refractivity contribution in [2.75, 3.05) is 36.9 Å². The first-order valence-corrected chi connectivity index (χ1v) is 9.63. The predicted molar refractivity (Wildman–Crippen MR) is 116 cm³/mol. The summed E-state index contributed by atoms with van der Waals surface area (Å²) in [5.74, 6) is -0.324. The smallest absolute Gasteiger partial charge is 0.338 e. The van der Waals surface area contributed by atoms with Gasteiger partial charge in [0.1, 0.15) is 6.61 Å². The average Bonchev–Trinajstić information content (AvgIpc) is 2.67. The van der Waals surface area contributed by atoms with E-state index in [0.717, 1.165) is 31.0 Å². The minimum Gasteiger partial charge on any atom is -0.461 e. The summed E-state index contributed by atoms with van der Waals surface area (Å²) in [6.07, 6.45) is 0. The number of thiocarbonyl (C=S) groups is 1. The Kier molecular flexibility index (Phi) is 8.51. The molecule has 0 radical (unpaired) electrons. The highest BCUT2D eigenvalue weighted by Crippen LogP contribution is 2.15. The topological polar surface area (TPSA) is 53.6 Å². The maximum atomic E-state index is 12.1. The number of hydrogen-bond acceptors (Lipinski definition) is 4. The van der Waals surface area contributed by atoms with Crippen LogP contribution in [0.5, 0.6) is 0 Å². The lowest BCUT2D eigenvalue weighted by Crippen LogP contribution is -2.27. The molecule has 0 atom stereocenters. The van der Waals surface area contributed by atoms with E-state index in [1.54, 1.807) is 36.4 Å². The van der Waals surface area contributed by atoms with E-state index in [2.05, 4.69) is 29.4 Å². The van der Waals surface area contributed by atoms with Crippen molar-refractivity contribution in [3.63, 3.8) is 0 Å². The number of rotatable bonds is 8. The molecule has 0 fully saturated rings. The number of nitrogens with one attached hydrogen (secondary N) is 2. The summed E-state index contributed by atoms with van der Waals surface area (Å²) < 4.78 is 5.32. The molecule has 0 bridgehead atoms. The lowest BCUT2D eigenvalue weighted by atomic mass is 10.2. The van der Waals surface area contributed by atoms with E-state index in [-0.39, 0.29) is 5.97 Å². The number of anilines is 2. The van der Waals surface area contributed by atoms with Gasteiger partial charge in [-0.05, 0) is 73.8 Å². The highest BCUT2D eigenvalue weighted by atomic mass is 35.5. The highest BCUT2D eigenvalue weighted by molar-refractivity contribution is 7.80. The summed E-state index contributed by atoms with van der Waals surface area (Å²) in [6.45, 7) is 7.18. The first-order chi connectivity index (χ1) is 13.0. The summed E-state index contributed by atoms with van der Waals surface area (Å²) in [7, 11) is 0. The van der Waals surface area contributed by atoms with Crippen molar-refractivity contribution in [1.29, 1.82) is 0 Å². The first kappa shape index (κ1) is 21.2. The van der Waals surface area contributed by atoms with Gasteiger partial charge in [-0.15, -0.1) is 0 Å². The van der Waals surface area contributed by atoms with Gasteiger partial charge in [-0.25, -0.2) is 4.79 Å². The van der Waals surface area contributed by atoms with E-state index < -0.39 is 0 Å². The lowest BCUT2D eigenvalue weighted by molar-refractivity contribution is 0.0466. The molecule has 0 saturated heterocycles. The summed E-state index contributed by atoms with van der Waals surface area (Å²) >= 11 is 11.2. The van der Waals surface area contributed by atoms with Gasteiger partial charge >= 0.3 is 5.97 Å². The van der Waals surface area contributed by atoms with Gasteiger partial charge < -0.3 is 20.3 Å². The molecule has 5 nitrogen and oxygen atoms in total. The van der Waals surface area contributed by atoms with Crippen LogP contribution in [-0.2, 0) is 4.74 Å². The van der Waals surface area contributed by atoms with E-state index in [1.807, 2.05) is 12.1 Å². The minimum absolute atomic E-state index is 0.324. The van der Waals surface area contributed by atoms with Crippen molar-refractivity contribution in [2.24, 2.45) is 0 Å². The summed E-state index contributed by atoms with van der Waals surface area (Å²) in [5, 5.41) is 7.26. The van der Waals surface area contributed by atoms with Gasteiger partial charge in [0.25, 0.3) is 0 Å². The van der Waals surface area contributed by atoms with Crippen LogP contribution in [0.25, 0.3) is 0 Å². The Morgan fingerprint density at radius 3 is 2.04 bits per heavy atom. The van der Waals surface area contributed by atoms with E-state index in [4.69, 9.17) is 28.6 Å². The van der Waals surface area contributed by atoms with Crippen LogP contribution in [0.15, 0.2) is 48.5 Å². The minimum atomic E-state index is -0.324. The lowest BCUT2D eigenvalue weighted by Gasteiger charge is -2.17. The fourth-order valence-electron chi connectivity index (χ4n) is 2.41. The number of nitrogens with zero attached hydrogens (tertiary/aromatic N) is 1. The molecule has 0 saturated carbocycles. The Morgan fingerprint density at radius 2 is 1.52 bits per heavy atom. The first-order valence-electron chi connectivity index (χ1n) is 8.85. The molecule has 27 heavy (non-hydrogen) atoms. The van der Waals surface area contributed by atoms with Gasteiger partial charge in [0.2, 0.25) is 0 Å². The zero-order valence-corrected chi connectivity index (χ0v) is 17.1. The van der Waals surface area contributed by atoms with Gasteiger partial charge in [0, 0.05) is 22.9 Å². The molecule has 144 valence electrons. The van der Waals surface area contributed by atoms with Gasteiger partial charge in [0.05, 0.1) is 5.56 Å². The van der Waals surface area contributed by atoms with Crippen LogP contribution < -0.4 is 10.6 Å². The van der Waals surface area contributed by atoms with Crippen LogP contribution in [0.2, 0.25) is 5.02 Å². The van der Waals surface area contributed by atoms with E-state index >= 15 is 0 Å². The van der Waals surface area contributed by atoms with Gasteiger partial charge in [-0.2, -0.15) is 0 Å². The maximum absolute atomic E-state index is 12.1. The monoisotopic (exact) mass is 405 g/mol. The number of carbonyl (C=O) groups excluding carboxylic acids is 1. The number of carbonyl (C=O) groups is 1. The van der Waals surface area contributed by atoms with Crippen LogP contribution in [0.3, 0.4) is 0 Å². The van der Waals surface area contributed by atoms with Crippen molar-refractivity contribution in [3.8, 4) is 0 Å². The standard InChI is InChI=1S/C20H24ClN3O2S/c1-3-24(4-2)13-14-26-19(25)15-5-9-17(10-6-15)22-20(27)23-18-11-7-16(21)8-12-18/h5-12H,3-4,13-14H2,1-2H3,(H2,22,23,27). The van der Waals surface area contributed by atoms with Crippen molar-refractivity contribution < 1.29 is 9.53 Å². The molecular weight excluding hydrogens is 382 g/mol. The number of benzene rings is 2. The van der Waals surface area contributed by atoms with Crippen LogP contribution in [0.1, 0.15) is 24.2 Å². The normalized spacial score (nSPS) is 10.5. The van der Waals surface area contributed by atoms with Gasteiger partial charge in [0.15, 0.2) is 5.11 Å². The molecule has 2 aromatic carbocycles. The third-order valence-electron chi connectivity index (χ3n) is 4.02. The fraction of sp³-hybridized carbons (Fsp3) is 0.300. The molecule has 2 N–H and O–H groups in total. The van der Waals surface area contributed by atoms with Crippen molar-refractivity contribution in [2.45, 2.75) is 13.8 Å². The largest absolute Gasteiger partial charge is 0.461 e. The maximum Gasteiger partial charge on any atom is 0.338 e. The second-order valence-corrected chi connectivity index (χ2v) is 6.67. The van der Waals surface area contributed by atoms with Gasteiger partial charge in [-0.1, -0.05) is 25.4 Å². The Hall–Kier alpha value is -2.15. The second kappa shape index (κ2) is 10.9. The molecular formula is C20H24ClN3O2S. The zero-order chi connectivity index (χ0) is 19.6. The third-order valence-corrected chi connectivity index (χ3v) is 4.47. The molecule has 2 rings (SSSR count). The van der Waals surface area contributed by atoms with Crippen LogP contribution >= 0.6 is 23.8 Å². The Labute approximate surface area is 170 Å². The van der Waals surface area contributed by atoms with Crippen LogP contribution in [0.4, 0.5) is 11.4 Å². The number of likely N-dealkylation sites (N-methyl/N-ethyl adjacent to an activating group) is 1. The predicted octanol–water partition coefficient (Wildman–Crippen LogP) is 4.65. The number of ether oxygens (including phenoxy) is 1. The quantitative estimate of drug-likeness (QED) is 0.492. The average molecular weight is 406 g/mol. The Bertz CT molecular complexity index is 747. The molecule has 0 aliphatic rings. The SMILES string of the molecule is CCN(CC)CCOC(=O)c1ccc(NC(=S)Nc2ccc(Cl)cc2)cc1. The van der Waals surface area contributed by atoms with Crippen molar-refractivity contribution in [1.82, 2.24) is 4.90 Å². The van der Waals surface area contributed by atoms with Gasteiger partial charge in [-0.3, -0.25) is 0 Å². The van der Waals surface area contributed by atoms with E-state index in [1.165, 1.54) is 0 Å². The van der Waals surface area contributed by atoms with Crippen LogP contribution in [0, 0.1) is 0 Å². The van der Waals surface area contributed by atoms with E-state index in [9.17, 15) is 4.79 Å².